The third-order valence-electron chi connectivity index (χ3n) is 1.89. The van der Waals surface area contributed by atoms with Gasteiger partial charge < -0.3 is 5.32 Å². The van der Waals surface area contributed by atoms with Crippen LogP contribution in [0.2, 0.25) is 0 Å². The lowest BCUT2D eigenvalue weighted by Gasteiger charge is -2.05. The summed E-state index contributed by atoms with van der Waals surface area (Å²) in [5, 5.41) is 22.1. The Bertz CT molecular complexity index is 498. The van der Waals surface area contributed by atoms with Crippen LogP contribution in [0.25, 0.3) is 0 Å². The molecule has 0 aliphatic heterocycles. The van der Waals surface area contributed by atoms with Crippen molar-refractivity contribution in [2.75, 3.05) is 23.9 Å². The van der Waals surface area contributed by atoms with Gasteiger partial charge in [-0.15, -0.1) is 0 Å². The Balaban J connectivity index is 2.83. The molecule has 0 saturated carbocycles. The minimum absolute atomic E-state index is 0.0982. The number of aromatic nitrogens is 1. The quantitative estimate of drug-likeness (QED) is 0.610. The van der Waals surface area contributed by atoms with Gasteiger partial charge in [0.15, 0.2) is 0 Å². The highest BCUT2D eigenvalue weighted by molar-refractivity contribution is 7.84. The van der Waals surface area contributed by atoms with Crippen molar-refractivity contribution in [2.24, 2.45) is 0 Å². The zero-order valence-electron chi connectivity index (χ0n) is 9.04. The zero-order chi connectivity index (χ0) is 12.8. The van der Waals surface area contributed by atoms with Gasteiger partial charge in [0.25, 0.3) is 5.69 Å². The molecular formula is C9H10N4O3S. The molecule has 0 bridgehead atoms. The molecule has 0 radical (unpaired) electrons. The maximum atomic E-state index is 10.8. The maximum Gasteiger partial charge on any atom is 0.289 e. The molecule has 90 valence electrons. The molecule has 0 fully saturated rings. The fraction of sp³-hybridized carbons (Fsp3) is 0.333. The monoisotopic (exact) mass is 254 g/mol. The van der Waals surface area contributed by atoms with Gasteiger partial charge in [-0.3, -0.25) is 14.3 Å². The molecule has 0 spiro atoms. The standard InChI is InChI=1S/C9H10N4O3S/c1-17(16)3-2-11-9-7(5-10)4-8(6-12-9)13(14)15/h4,6H,2-3H2,1H3,(H,11,12). The lowest BCUT2D eigenvalue weighted by atomic mass is 10.2. The Labute approximate surface area is 100 Å². The van der Waals surface area contributed by atoms with Crippen LogP contribution in [0.15, 0.2) is 12.3 Å². The van der Waals surface area contributed by atoms with E-state index in [1.165, 1.54) is 0 Å². The van der Waals surface area contributed by atoms with Crippen LogP contribution in [-0.2, 0) is 10.8 Å². The van der Waals surface area contributed by atoms with Gasteiger partial charge in [-0.25, -0.2) is 4.98 Å². The van der Waals surface area contributed by atoms with Crippen LogP contribution in [0.4, 0.5) is 11.5 Å². The summed E-state index contributed by atoms with van der Waals surface area (Å²) in [4.78, 5) is 13.7. The van der Waals surface area contributed by atoms with Crippen molar-refractivity contribution >= 4 is 22.3 Å². The van der Waals surface area contributed by atoms with Gasteiger partial charge >= 0.3 is 0 Å². The van der Waals surface area contributed by atoms with Crippen LogP contribution in [0, 0.1) is 21.4 Å². The topological polar surface area (TPSA) is 109 Å². The maximum absolute atomic E-state index is 10.8. The summed E-state index contributed by atoms with van der Waals surface area (Å²) in [5.41, 5.74) is -0.132. The largest absolute Gasteiger partial charge is 0.368 e. The smallest absolute Gasteiger partial charge is 0.289 e. The first-order chi connectivity index (χ1) is 8.04. The molecule has 0 aliphatic carbocycles. The van der Waals surface area contributed by atoms with Crippen molar-refractivity contribution in [3.05, 3.63) is 27.9 Å². The Morgan fingerprint density at radius 2 is 2.41 bits per heavy atom. The van der Waals surface area contributed by atoms with Crippen molar-refractivity contribution in [2.45, 2.75) is 0 Å². The minimum atomic E-state index is -0.941. The first-order valence-electron chi connectivity index (χ1n) is 4.63. The van der Waals surface area contributed by atoms with E-state index in [2.05, 4.69) is 10.3 Å². The molecule has 7 nitrogen and oxygen atoms in total. The number of rotatable bonds is 5. The number of pyridine rings is 1. The molecule has 17 heavy (non-hydrogen) atoms. The van der Waals surface area contributed by atoms with Crippen molar-refractivity contribution in [3.63, 3.8) is 0 Å². The Morgan fingerprint density at radius 3 is 2.94 bits per heavy atom. The number of nitrogens with one attached hydrogen (secondary N) is 1. The van der Waals surface area contributed by atoms with Crippen LogP contribution in [-0.4, -0.2) is 32.7 Å². The molecule has 0 aliphatic rings. The second-order valence-electron chi connectivity index (χ2n) is 3.16. The molecule has 8 heteroatoms. The molecule has 0 amide bonds. The molecule has 1 aromatic rings. The van der Waals surface area contributed by atoms with Crippen molar-refractivity contribution in [1.82, 2.24) is 4.98 Å². The normalized spacial score (nSPS) is 11.5. The van der Waals surface area contributed by atoms with Crippen LogP contribution in [0.5, 0.6) is 0 Å². The van der Waals surface area contributed by atoms with E-state index < -0.39 is 15.7 Å². The number of hydrogen-bond donors (Lipinski definition) is 1. The fourth-order valence-corrected chi connectivity index (χ4v) is 1.48. The molecule has 0 aromatic carbocycles. The summed E-state index contributed by atoms with van der Waals surface area (Å²) in [6.07, 6.45) is 2.64. The highest BCUT2D eigenvalue weighted by Crippen LogP contribution is 2.17. The molecular weight excluding hydrogens is 244 g/mol. The van der Waals surface area contributed by atoms with E-state index in [1.807, 2.05) is 6.07 Å². The van der Waals surface area contributed by atoms with Gasteiger partial charge in [0.1, 0.15) is 23.6 Å². The summed E-state index contributed by atoms with van der Waals surface area (Å²) < 4.78 is 10.8. The van der Waals surface area contributed by atoms with Crippen molar-refractivity contribution in [1.29, 1.82) is 5.26 Å². The molecule has 0 saturated heterocycles. The first-order valence-corrected chi connectivity index (χ1v) is 6.35. The highest BCUT2D eigenvalue weighted by atomic mass is 32.2. The third kappa shape index (κ3) is 3.81. The second-order valence-corrected chi connectivity index (χ2v) is 4.72. The van der Waals surface area contributed by atoms with E-state index in [1.54, 1.807) is 6.26 Å². The number of nitro groups is 1. The summed E-state index contributed by atoms with van der Waals surface area (Å²) >= 11 is 0. The van der Waals surface area contributed by atoms with Crippen molar-refractivity contribution in [3.8, 4) is 6.07 Å². The lowest BCUT2D eigenvalue weighted by Crippen LogP contribution is -2.12. The Kier molecular flexibility index (Phi) is 4.54. The zero-order valence-corrected chi connectivity index (χ0v) is 9.86. The molecule has 1 unspecified atom stereocenters. The first kappa shape index (κ1) is 13.1. The average Bonchev–Trinajstić information content (AvgIpc) is 2.28. The van der Waals surface area contributed by atoms with Gasteiger partial charge in [0.05, 0.1) is 4.92 Å². The summed E-state index contributed by atoms with van der Waals surface area (Å²) in [7, 11) is -0.941. The number of nitriles is 1. The third-order valence-corrected chi connectivity index (χ3v) is 2.67. The van der Waals surface area contributed by atoms with Gasteiger partial charge in [-0.1, -0.05) is 0 Å². The SMILES string of the molecule is CS(=O)CCNc1ncc([N+](=O)[O-])cc1C#N. The second kappa shape index (κ2) is 5.91. The minimum Gasteiger partial charge on any atom is -0.368 e. The van der Waals surface area contributed by atoms with E-state index in [0.29, 0.717) is 12.3 Å². The summed E-state index contributed by atoms with van der Waals surface area (Å²) in [6, 6.07) is 2.97. The summed E-state index contributed by atoms with van der Waals surface area (Å²) in [6.45, 7) is 0.391. The van der Waals surface area contributed by atoms with E-state index in [4.69, 9.17) is 5.26 Å². The van der Waals surface area contributed by atoms with Crippen molar-refractivity contribution < 1.29 is 9.13 Å². The number of hydrogen-bond acceptors (Lipinski definition) is 6. The molecule has 1 atom stereocenters. The van der Waals surface area contributed by atoms with Gasteiger partial charge in [-0.2, -0.15) is 5.26 Å². The number of nitrogens with zero attached hydrogens (tertiary/aromatic N) is 3. The van der Waals surface area contributed by atoms with E-state index in [-0.39, 0.29) is 17.1 Å². The highest BCUT2D eigenvalue weighted by Gasteiger charge is 2.11. The summed E-state index contributed by atoms with van der Waals surface area (Å²) in [5.74, 6) is 0.687. The molecule has 1 N–H and O–H groups in total. The van der Waals surface area contributed by atoms with Crippen LogP contribution >= 0.6 is 0 Å². The Hall–Kier alpha value is -2.01. The average molecular weight is 254 g/mol. The predicted octanol–water partition coefficient (Wildman–Crippen LogP) is 0.652. The van der Waals surface area contributed by atoms with Crippen LogP contribution in [0.3, 0.4) is 0 Å². The van der Waals surface area contributed by atoms with Gasteiger partial charge in [0.2, 0.25) is 0 Å². The fourth-order valence-electron chi connectivity index (χ4n) is 1.09. The predicted molar refractivity (Wildman–Crippen MR) is 63.0 cm³/mol. The molecule has 1 heterocycles. The Morgan fingerprint density at radius 1 is 1.71 bits per heavy atom. The van der Waals surface area contributed by atoms with Crippen LogP contribution in [0.1, 0.15) is 5.56 Å². The molecule has 1 rings (SSSR count). The molecule has 1 aromatic heterocycles. The van der Waals surface area contributed by atoms with Crippen LogP contribution < -0.4 is 5.32 Å². The van der Waals surface area contributed by atoms with Gasteiger partial charge in [0, 0.05) is 35.4 Å². The van der Waals surface area contributed by atoms with E-state index in [0.717, 1.165) is 12.3 Å². The van der Waals surface area contributed by atoms with E-state index >= 15 is 0 Å². The van der Waals surface area contributed by atoms with Gasteiger partial charge in [-0.05, 0) is 0 Å². The van der Waals surface area contributed by atoms with E-state index in [9.17, 15) is 14.3 Å². The number of anilines is 1. The lowest BCUT2D eigenvalue weighted by molar-refractivity contribution is -0.385.